The molecule has 0 amide bonds. The molecule has 7 N–H and O–H groups in total. The monoisotopic (exact) mass is 1390 g/mol. The summed E-state index contributed by atoms with van der Waals surface area (Å²) < 4.78 is 62.2. The van der Waals surface area contributed by atoms with E-state index in [9.17, 15) is 42.0 Å². The van der Waals surface area contributed by atoms with E-state index in [0.717, 1.165) is 42.6 Å². The Morgan fingerprint density at radius 2 is 1.05 bits per heavy atom. The number of carboxylic acids is 1. The molecule has 37 heteroatoms. The fraction of sp³-hybridized carbons (Fsp3) is 0.625. The van der Waals surface area contributed by atoms with Gasteiger partial charge in [0, 0.05) is 40.9 Å². The Balaban J connectivity index is -0.000000446. The Hall–Kier alpha value is -3.37. The molecule has 480 valence electrons. The summed E-state index contributed by atoms with van der Waals surface area (Å²) in [5.74, 6) is 2.47. The van der Waals surface area contributed by atoms with Gasteiger partial charge in [0.25, 0.3) is 15.8 Å². The van der Waals surface area contributed by atoms with E-state index in [0.29, 0.717) is 24.4 Å². The number of alkyl halides is 4. The molecule has 0 unspecified atom stereocenters. The molecular formula is C48H74Cl7N10NaO17S2. The van der Waals surface area contributed by atoms with Crippen LogP contribution in [-0.2, 0) is 72.3 Å². The van der Waals surface area contributed by atoms with Gasteiger partial charge in [-0.3, -0.25) is 20.4 Å². The quantitative estimate of drug-likeness (QED) is 0.0193. The molecule has 0 spiro atoms. The molecular weight excluding hydrogens is 1320 g/mol. The van der Waals surface area contributed by atoms with Crippen molar-refractivity contribution in [2.24, 2.45) is 34.3 Å². The number of esters is 4. The summed E-state index contributed by atoms with van der Waals surface area (Å²) in [5, 5.41) is 24.0. The van der Waals surface area contributed by atoms with Crippen LogP contribution in [0.3, 0.4) is 0 Å². The second-order valence-electron chi connectivity index (χ2n) is 18.5. The number of hydrogen-bond acceptors (Lipinski definition) is 23. The van der Waals surface area contributed by atoms with Crippen LogP contribution in [0.2, 0.25) is 0 Å². The van der Waals surface area contributed by atoms with Crippen LogP contribution >= 0.6 is 80.2 Å². The smallest absolute Gasteiger partial charge is 0.870 e. The zero-order chi connectivity index (χ0) is 61.0. The van der Waals surface area contributed by atoms with Crippen molar-refractivity contribution in [3.8, 4) is 0 Å². The Morgan fingerprint density at radius 1 is 0.694 bits per heavy atom. The summed E-state index contributed by atoms with van der Waals surface area (Å²) in [4.78, 5) is 77.2. The predicted octanol–water partition coefficient (Wildman–Crippen LogP) is 3.81. The number of rotatable bonds is 15. The summed E-state index contributed by atoms with van der Waals surface area (Å²) in [6.45, 7) is 10.8. The average molecular weight is 1400 g/mol. The van der Waals surface area contributed by atoms with E-state index in [-0.39, 0.29) is 109 Å². The van der Waals surface area contributed by atoms with Crippen LogP contribution in [0.5, 0.6) is 0 Å². The third-order valence-electron chi connectivity index (χ3n) is 12.4. The van der Waals surface area contributed by atoms with Gasteiger partial charge >= 0.3 is 67.7 Å². The summed E-state index contributed by atoms with van der Waals surface area (Å²) in [5.41, 5.74) is 7.80. The van der Waals surface area contributed by atoms with Gasteiger partial charge in [-0.2, -0.15) is 13.2 Å². The number of aromatic carboxylic acids is 1. The van der Waals surface area contributed by atoms with Crippen LogP contribution in [0, 0.1) is 24.7 Å². The number of carboxylic acid groups (broad SMARTS) is 1. The number of Topliss-reactive ketones (excluding diaryl/α,β-unsaturated/α-hetero) is 2. The standard InChI is InChI=1S/C10H13N3O2.C8H9N3O2.C7H10N2O2S.C6H9Cl2NO2.C5H6Cl2O3.C5H9N.C5H8O3.2CH4.Cl2O2S.ClH.Na.H2O/c1-2-15-9(14)8-6-13(12-11-8)10-3-7(4-10)5-10;12-7(13)6-4-11(10-9-6)8-1-5(2-8)3-8;1-6-2-4-7(5-3-6)12(10,11)9-8;1-3-11-6(10)4(9-2)5(7)8;1-2-10-5(9)3(8)4(6)7;6-5-1-4(2-5)3-5;1-3-8-5(7)4(2)6;;;1-5(2,3)4;;;/h6-7H,2-5H2,1H3;4-5H,1-3H2,(H,12,13);2-5,9H,8H2,1H3;5H,3H2,1-2H3;4H,2H2,1H3;4H,1-3,6H2;3H2,1-2H3;2*1H4;;1H;;1H2/q;;;;;;;;;;;+1;/p-1. The molecule has 3 aromatic rings. The SMILES string of the molecule is C.C.CCOC(=O)C(=NC)C(Cl)Cl.CCOC(=O)C(=O)C(Cl)Cl.CCOC(=O)C(C)=O.CCOC(=O)c1cn(C23CC(C2)C3)nn1.Cc1ccc(S(=O)(=O)NN)cc1.Cl.NC12CC(C1)C2.O=C(O)c1cn(C23CC(C2)C3)nn1.O=S(=O)(Cl)Cl.[Na+].[OH-]. The van der Waals surface area contributed by atoms with Crippen LogP contribution < -0.4 is 46.0 Å². The van der Waals surface area contributed by atoms with Crippen LogP contribution in [-0.4, -0.2) is 153 Å². The van der Waals surface area contributed by atoms with E-state index in [4.69, 9.17) is 76.2 Å². The first-order valence-electron chi connectivity index (χ1n) is 24.2. The number of halogens is 7. The van der Waals surface area contributed by atoms with Crippen LogP contribution in [0.4, 0.5) is 0 Å². The van der Waals surface area contributed by atoms with E-state index >= 15 is 0 Å². The van der Waals surface area contributed by atoms with E-state index in [1.807, 2.05) is 11.6 Å². The number of nitrogens with one attached hydrogen (secondary N) is 1. The fourth-order valence-corrected chi connectivity index (χ4v) is 9.33. The molecule has 6 bridgehead atoms. The summed E-state index contributed by atoms with van der Waals surface area (Å²) in [6.07, 6.45) is 14.3. The first-order chi connectivity index (χ1) is 37.2. The minimum Gasteiger partial charge on any atom is -0.870 e. The van der Waals surface area contributed by atoms with Gasteiger partial charge < -0.3 is 35.3 Å². The largest absolute Gasteiger partial charge is 1.00 e. The second-order valence-corrected chi connectivity index (χ2v) is 26.0. The van der Waals surface area contributed by atoms with Gasteiger partial charge in [0.15, 0.2) is 26.8 Å². The first-order valence-corrected chi connectivity index (χ1v) is 30.6. The number of aliphatic imine (C=N–C) groups is 1. The van der Waals surface area contributed by atoms with Gasteiger partial charge in [0.2, 0.25) is 5.78 Å². The van der Waals surface area contributed by atoms with Crippen molar-refractivity contribution in [3.05, 3.63) is 53.6 Å². The average Bonchev–Trinajstić information content (AvgIpc) is 3.99. The summed E-state index contributed by atoms with van der Waals surface area (Å²) in [7, 11) is 2.76. The molecule has 9 aliphatic rings. The van der Waals surface area contributed by atoms with Crippen molar-refractivity contribution in [1.29, 1.82) is 0 Å². The molecule has 9 fully saturated rings. The number of ether oxygens (including phenoxy) is 4. The molecule has 9 aliphatic carbocycles. The molecule has 0 aliphatic heterocycles. The number of hydrazine groups is 1. The minimum absolute atomic E-state index is 0. The van der Waals surface area contributed by atoms with E-state index in [1.54, 1.807) is 55.5 Å². The molecule has 12 rings (SSSR count). The zero-order valence-corrected chi connectivity index (χ0v) is 55.3. The van der Waals surface area contributed by atoms with Gasteiger partial charge in [-0.05, 0) is 122 Å². The number of aryl methyl sites for hydroxylation is 1. The van der Waals surface area contributed by atoms with Gasteiger partial charge in [-0.25, -0.2) is 41.8 Å². The topological polar surface area (TPSA) is 413 Å². The third kappa shape index (κ3) is 28.3. The molecule has 0 atom stereocenters. The Bertz CT molecular complexity index is 2830. The number of benzene rings is 1. The van der Waals surface area contributed by atoms with Crippen LogP contribution in [0.15, 0.2) is 46.5 Å². The molecule has 2 aromatic heterocycles. The maximum Gasteiger partial charge on any atom is 1.00 e. The predicted molar refractivity (Wildman–Crippen MR) is 317 cm³/mol. The maximum absolute atomic E-state index is 11.4. The Labute approximate surface area is 552 Å². The van der Waals surface area contributed by atoms with E-state index < -0.39 is 63.4 Å². The van der Waals surface area contributed by atoms with Crippen LogP contribution in [0.25, 0.3) is 0 Å². The van der Waals surface area contributed by atoms with Crippen molar-refractivity contribution >= 4 is 146 Å². The third-order valence-corrected chi connectivity index (χ3v) is 14.4. The fourth-order valence-electron chi connectivity index (χ4n) is 8.15. The summed E-state index contributed by atoms with van der Waals surface area (Å²) in [6, 6.07) is 6.43. The van der Waals surface area contributed by atoms with Crippen molar-refractivity contribution in [2.45, 2.75) is 145 Å². The van der Waals surface area contributed by atoms with Crippen molar-refractivity contribution < 1.29 is 109 Å². The van der Waals surface area contributed by atoms with Crippen LogP contribution in [0.1, 0.15) is 134 Å². The number of aromatic nitrogens is 6. The van der Waals surface area contributed by atoms with E-state index in [2.05, 4.69) is 61.2 Å². The van der Waals surface area contributed by atoms with Gasteiger partial charge in [0.1, 0.15) is 0 Å². The van der Waals surface area contributed by atoms with Gasteiger partial charge in [-0.15, -0.1) is 22.6 Å². The van der Waals surface area contributed by atoms with Gasteiger partial charge in [0.05, 0.1) is 54.8 Å². The molecule has 2 heterocycles. The first kappa shape index (κ1) is 88.1. The zero-order valence-electron chi connectivity index (χ0n) is 46.3. The normalized spacial score (nSPS) is 21.1. The number of carbonyl (C=O) groups is 7. The summed E-state index contributed by atoms with van der Waals surface area (Å²) >= 11 is 21.0. The number of nitrogens with zero attached hydrogens (tertiary/aromatic N) is 7. The Morgan fingerprint density at radius 3 is 1.31 bits per heavy atom. The molecule has 0 saturated heterocycles. The number of sulfonamides is 1. The second kappa shape index (κ2) is 40.3. The van der Waals surface area contributed by atoms with E-state index in [1.165, 1.54) is 70.8 Å². The minimum atomic E-state index is -3.72. The molecule has 1 aromatic carbocycles. The molecule has 85 heavy (non-hydrogen) atoms. The maximum atomic E-state index is 11.4. The molecule has 9 saturated carbocycles. The number of hydrogen-bond donors (Lipinski definition) is 4. The van der Waals surface area contributed by atoms with Gasteiger partial charge in [-0.1, -0.05) is 89.4 Å². The molecule has 27 nitrogen and oxygen atoms in total. The Kier molecular flexibility index (Phi) is 41.8. The molecule has 0 radical (unpaired) electrons. The van der Waals surface area contributed by atoms with Crippen molar-refractivity contribution in [1.82, 2.24) is 34.8 Å². The number of ketones is 2. The number of carbonyl (C=O) groups excluding carboxylic acids is 6. The van der Waals surface area contributed by atoms with Crippen molar-refractivity contribution in [2.75, 3.05) is 33.5 Å². The number of nitrogens with two attached hydrogens (primary N) is 2. The van der Waals surface area contributed by atoms with Crippen molar-refractivity contribution in [3.63, 3.8) is 0 Å².